The minimum atomic E-state index is 0.175. The third-order valence-corrected chi connectivity index (χ3v) is 6.21. The van der Waals surface area contributed by atoms with Crippen molar-refractivity contribution in [1.82, 2.24) is 4.90 Å². The predicted octanol–water partition coefficient (Wildman–Crippen LogP) is 2.86. The molecule has 98 valence electrons. The van der Waals surface area contributed by atoms with Crippen LogP contribution in [0.2, 0.25) is 0 Å². The maximum Gasteiger partial charge on any atom is 0.255 e. The molecule has 0 N–H and O–H groups in total. The Labute approximate surface area is 123 Å². The summed E-state index contributed by atoms with van der Waals surface area (Å²) in [6, 6.07) is 2.27. The van der Waals surface area contributed by atoms with Crippen molar-refractivity contribution >= 4 is 44.9 Å². The topological polar surface area (TPSA) is 29.5 Å². The monoisotopic (exact) mass is 347 g/mol. The third-order valence-electron chi connectivity index (χ3n) is 3.41. The maximum absolute atomic E-state index is 12.5. The second-order valence-corrected chi connectivity index (χ2v) is 8.12. The lowest BCUT2D eigenvalue weighted by Crippen LogP contribution is -2.54. The molecule has 3 nitrogen and oxygen atoms in total. The van der Waals surface area contributed by atoms with E-state index in [0.717, 1.165) is 41.3 Å². The van der Waals surface area contributed by atoms with Crippen molar-refractivity contribution in [3.05, 3.63) is 20.8 Å². The molecule has 3 heterocycles. The van der Waals surface area contributed by atoms with Crippen molar-refractivity contribution in [3.63, 3.8) is 0 Å². The van der Waals surface area contributed by atoms with Gasteiger partial charge in [0, 0.05) is 35.6 Å². The summed E-state index contributed by atoms with van der Waals surface area (Å²) in [5.41, 5.74) is 0.809. The zero-order valence-electron chi connectivity index (χ0n) is 9.80. The van der Waals surface area contributed by atoms with Gasteiger partial charge in [0.05, 0.1) is 16.0 Å². The van der Waals surface area contributed by atoms with Gasteiger partial charge in [-0.1, -0.05) is 0 Å². The molecule has 0 aliphatic carbocycles. The van der Waals surface area contributed by atoms with Crippen LogP contribution in [0.15, 0.2) is 15.2 Å². The van der Waals surface area contributed by atoms with E-state index in [1.807, 2.05) is 23.2 Å². The van der Waals surface area contributed by atoms with Crippen LogP contribution in [0.3, 0.4) is 0 Å². The Morgan fingerprint density at radius 2 is 2.44 bits per heavy atom. The number of rotatable bonds is 1. The van der Waals surface area contributed by atoms with Crippen LogP contribution in [0.1, 0.15) is 16.8 Å². The Bertz CT molecular complexity index is 449. The highest BCUT2D eigenvalue weighted by Crippen LogP contribution is 2.32. The molecule has 1 aromatic heterocycles. The van der Waals surface area contributed by atoms with Gasteiger partial charge in [0.1, 0.15) is 0 Å². The number of hydrogen-bond acceptors (Lipinski definition) is 4. The predicted molar refractivity (Wildman–Crippen MR) is 78.5 cm³/mol. The molecule has 0 bridgehead atoms. The average Bonchev–Trinajstić information content (AvgIpc) is 2.84. The smallest absolute Gasteiger partial charge is 0.255 e. The summed E-state index contributed by atoms with van der Waals surface area (Å²) in [6.07, 6.45) is 0.967. The number of thioether (sulfide) groups is 1. The molecule has 18 heavy (non-hydrogen) atoms. The van der Waals surface area contributed by atoms with Crippen LogP contribution < -0.4 is 0 Å². The van der Waals surface area contributed by atoms with Gasteiger partial charge >= 0.3 is 0 Å². The Morgan fingerprint density at radius 3 is 3.22 bits per heavy atom. The van der Waals surface area contributed by atoms with E-state index >= 15 is 0 Å². The van der Waals surface area contributed by atoms with Crippen molar-refractivity contribution in [1.29, 1.82) is 0 Å². The van der Waals surface area contributed by atoms with Gasteiger partial charge in [-0.2, -0.15) is 11.8 Å². The number of fused-ring (bicyclic) bond motifs is 1. The van der Waals surface area contributed by atoms with Crippen LogP contribution in [0, 0.1) is 0 Å². The van der Waals surface area contributed by atoms with Crippen molar-refractivity contribution < 1.29 is 9.53 Å². The van der Waals surface area contributed by atoms with Gasteiger partial charge in [0.15, 0.2) is 0 Å². The standard InChI is InChI=1S/C12H14BrNO2S2/c13-11-5-8(7-18-11)12(15)14-2-4-17-10-6-16-3-1-9(10)14/h5,7,9-10H,1-4,6H2/t9-,10+/m1/s1. The van der Waals surface area contributed by atoms with E-state index in [0.29, 0.717) is 11.3 Å². The lowest BCUT2D eigenvalue weighted by molar-refractivity contribution is 0.0319. The van der Waals surface area contributed by atoms with Crippen molar-refractivity contribution in [2.24, 2.45) is 0 Å². The highest BCUT2D eigenvalue weighted by atomic mass is 79.9. The summed E-state index contributed by atoms with van der Waals surface area (Å²) in [6.45, 7) is 2.42. The number of carbonyl (C=O) groups is 1. The summed E-state index contributed by atoms with van der Waals surface area (Å²) < 4.78 is 6.53. The molecule has 0 unspecified atom stereocenters. The molecular weight excluding hydrogens is 334 g/mol. The zero-order chi connectivity index (χ0) is 12.5. The maximum atomic E-state index is 12.5. The quantitative estimate of drug-likeness (QED) is 0.782. The first-order valence-electron chi connectivity index (χ1n) is 6.00. The summed E-state index contributed by atoms with van der Waals surface area (Å²) in [5.74, 6) is 1.19. The van der Waals surface area contributed by atoms with E-state index in [4.69, 9.17) is 4.74 Å². The molecule has 3 rings (SSSR count). The fraction of sp³-hybridized carbons (Fsp3) is 0.583. The Hall–Kier alpha value is -0.0400. The Balaban J connectivity index is 1.79. The summed E-state index contributed by atoms with van der Waals surface area (Å²) in [4.78, 5) is 14.6. The van der Waals surface area contributed by atoms with E-state index < -0.39 is 0 Å². The molecule has 2 fully saturated rings. The second kappa shape index (κ2) is 5.53. The average molecular weight is 348 g/mol. The molecule has 1 aromatic rings. The zero-order valence-corrected chi connectivity index (χ0v) is 13.0. The van der Waals surface area contributed by atoms with E-state index in [9.17, 15) is 4.79 Å². The second-order valence-electron chi connectivity index (χ2n) is 4.48. The van der Waals surface area contributed by atoms with Gasteiger partial charge in [-0.05, 0) is 28.4 Å². The highest BCUT2D eigenvalue weighted by Gasteiger charge is 2.37. The van der Waals surface area contributed by atoms with Crippen LogP contribution in [-0.4, -0.2) is 47.6 Å². The SMILES string of the molecule is O=C(c1csc(Br)c1)N1CCS[C@H]2COCC[C@H]21. The third kappa shape index (κ3) is 2.48. The lowest BCUT2D eigenvalue weighted by Gasteiger charge is -2.43. The number of hydrogen-bond donors (Lipinski definition) is 0. The van der Waals surface area contributed by atoms with Crippen LogP contribution in [0.25, 0.3) is 0 Å². The number of nitrogens with zero attached hydrogens (tertiary/aromatic N) is 1. The van der Waals surface area contributed by atoms with Crippen LogP contribution in [0.5, 0.6) is 0 Å². The molecular formula is C12H14BrNO2S2. The van der Waals surface area contributed by atoms with Crippen LogP contribution in [0.4, 0.5) is 0 Å². The summed E-state index contributed by atoms with van der Waals surface area (Å²) in [7, 11) is 0. The number of ether oxygens (including phenoxy) is 1. The summed E-state index contributed by atoms with van der Waals surface area (Å²) >= 11 is 6.93. The molecule has 0 spiro atoms. The normalized spacial score (nSPS) is 27.9. The first-order chi connectivity index (χ1) is 8.75. The van der Waals surface area contributed by atoms with Gasteiger partial charge in [0.25, 0.3) is 5.91 Å². The van der Waals surface area contributed by atoms with Crippen LogP contribution in [-0.2, 0) is 4.74 Å². The molecule has 0 aromatic carbocycles. The fourth-order valence-electron chi connectivity index (χ4n) is 2.52. The van der Waals surface area contributed by atoms with Gasteiger partial charge < -0.3 is 9.64 Å². The first kappa shape index (κ1) is 13.0. The Morgan fingerprint density at radius 1 is 1.56 bits per heavy atom. The van der Waals surface area contributed by atoms with Gasteiger partial charge in [-0.3, -0.25) is 4.79 Å². The molecule has 0 radical (unpaired) electrons. The van der Waals surface area contributed by atoms with Crippen LogP contribution >= 0.6 is 39.0 Å². The van der Waals surface area contributed by atoms with Crippen molar-refractivity contribution in [2.45, 2.75) is 17.7 Å². The van der Waals surface area contributed by atoms with E-state index in [1.165, 1.54) is 0 Å². The lowest BCUT2D eigenvalue weighted by atomic mass is 10.1. The van der Waals surface area contributed by atoms with Crippen molar-refractivity contribution in [2.75, 3.05) is 25.5 Å². The minimum absolute atomic E-state index is 0.175. The number of thiophene rings is 1. The molecule has 2 aliphatic heterocycles. The van der Waals surface area contributed by atoms with E-state index in [1.54, 1.807) is 11.3 Å². The number of halogens is 1. The molecule has 1 amide bonds. The minimum Gasteiger partial charge on any atom is -0.380 e. The number of amides is 1. The molecule has 2 atom stereocenters. The van der Waals surface area contributed by atoms with Crippen molar-refractivity contribution in [3.8, 4) is 0 Å². The molecule has 2 saturated heterocycles. The number of carbonyl (C=O) groups excluding carboxylic acids is 1. The van der Waals surface area contributed by atoms with E-state index in [2.05, 4.69) is 20.8 Å². The molecule has 6 heteroatoms. The highest BCUT2D eigenvalue weighted by molar-refractivity contribution is 9.11. The first-order valence-corrected chi connectivity index (χ1v) is 8.72. The summed E-state index contributed by atoms with van der Waals surface area (Å²) in [5, 5.41) is 2.39. The fourth-order valence-corrected chi connectivity index (χ4v) is 4.96. The van der Waals surface area contributed by atoms with Gasteiger partial charge in [-0.25, -0.2) is 0 Å². The van der Waals surface area contributed by atoms with E-state index in [-0.39, 0.29) is 5.91 Å². The molecule has 2 aliphatic rings. The Kier molecular flexibility index (Phi) is 3.98. The van der Waals surface area contributed by atoms with Gasteiger partial charge in [-0.15, -0.1) is 11.3 Å². The molecule has 0 saturated carbocycles. The largest absolute Gasteiger partial charge is 0.380 e. The van der Waals surface area contributed by atoms with Gasteiger partial charge in [0.2, 0.25) is 0 Å².